The average molecular weight is 196 g/mol. The Balaban J connectivity index is 0.000000653. The van der Waals surface area contributed by atoms with E-state index >= 15 is 0 Å². The molecule has 0 saturated heterocycles. The maximum Gasteiger partial charge on any atom is 0.0379 e. The number of hydrogen-bond acceptors (Lipinski definition) is 1. The van der Waals surface area contributed by atoms with Crippen molar-refractivity contribution in [1.82, 2.24) is 0 Å². The normalized spacial score (nSPS) is 20.4. The Labute approximate surface area is 84.9 Å². The van der Waals surface area contributed by atoms with Crippen LogP contribution < -0.4 is 5.32 Å². The van der Waals surface area contributed by atoms with Crippen molar-refractivity contribution in [2.45, 2.75) is 25.2 Å². The fourth-order valence-corrected chi connectivity index (χ4v) is 2.21. The second-order valence-corrected chi connectivity index (χ2v) is 4.18. The molecular formula is C11H14ClN. The molecule has 1 saturated carbocycles. The SMILES string of the molecule is Cc1ccc2c(c1)C1(CC1)CN2.Cl. The summed E-state index contributed by atoms with van der Waals surface area (Å²) < 4.78 is 0. The Bertz CT molecular complexity index is 342. The molecule has 1 aliphatic heterocycles. The third-order valence-electron chi connectivity index (χ3n) is 3.22. The van der Waals surface area contributed by atoms with Gasteiger partial charge >= 0.3 is 0 Å². The Kier molecular flexibility index (Phi) is 1.81. The number of benzene rings is 1. The van der Waals surface area contributed by atoms with E-state index in [9.17, 15) is 0 Å². The minimum Gasteiger partial charge on any atom is -0.384 e. The molecule has 0 bridgehead atoms. The van der Waals surface area contributed by atoms with Crippen LogP contribution in [0, 0.1) is 6.92 Å². The second-order valence-electron chi connectivity index (χ2n) is 4.18. The van der Waals surface area contributed by atoms with Crippen molar-refractivity contribution in [2.75, 3.05) is 11.9 Å². The number of aryl methyl sites for hydroxylation is 1. The number of rotatable bonds is 0. The Hall–Kier alpha value is -0.690. The van der Waals surface area contributed by atoms with Gasteiger partial charge in [-0.2, -0.15) is 0 Å². The molecule has 3 rings (SSSR count). The van der Waals surface area contributed by atoms with Crippen LogP contribution in [0.25, 0.3) is 0 Å². The van der Waals surface area contributed by atoms with E-state index in [2.05, 4.69) is 30.4 Å². The highest BCUT2D eigenvalue weighted by molar-refractivity contribution is 5.85. The Morgan fingerprint density at radius 1 is 1.31 bits per heavy atom. The highest BCUT2D eigenvalue weighted by atomic mass is 35.5. The number of fused-ring (bicyclic) bond motifs is 2. The lowest BCUT2D eigenvalue weighted by atomic mass is 9.97. The fourth-order valence-electron chi connectivity index (χ4n) is 2.21. The molecular weight excluding hydrogens is 182 g/mol. The smallest absolute Gasteiger partial charge is 0.0379 e. The molecule has 1 aliphatic carbocycles. The van der Waals surface area contributed by atoms with Gasteiger partial charge in [0.25, 0.3) is 0 Å². The van der Waals surface area contributed by atoms with Crippen molar-refractivity contribution in [3.63, 3.8) is 0 Å². The summed E-state index contributed by atoms with van der Waals surface area (Å²) in [5.41, 5.74) is 4.89. The number of nitrogens with one attached hydrogen (secondary N) is 1. The van der Waals surface area contributed by atoms with Gasteiger partial charge in [-0.15, -0.1) is 12.4 Å². The van der Waals surface area contributed by atoms with Crippen molar-refractivity contribution in [3.05, 3.63) is 29.3 Å². The van der Waals surface area contributed by atoms with E-state index in [1.165, 1.54) is 30.6 Å². The number of hydrogen-bond donors (Lipinski definition) is 1. The molecule has 0 aromatic heterocycles. The predicted molar refractivity (Wildman–Crippen MR) is 57.8 cm³/mol. The minimum absolute atomic E-state index is 0. The lowest BCUT2D eigenvalue weighted by molar-refractivity contribution is 0.777. The van der Waals surface area contributed by atoms with Crippen molar-refractivity contribution >= 4 is 18.1 Å². The van der Waals surface area contributed by atoms with Gasteiger partial charge in [0.05, 0.1) is 0 Å². The highest BCUT2D eigenvalue weighted by Gasteiger charge is 2.48. The van der Waals surface area contributed by atoms with E-state index in [0.29, 0.717) is 5.41 Å². The van der Waals surface area contributed by atoms with E-state index in [0.717, 1.165) is 0 Å². The summed E-state index contributed by atoms with van der Waals surface area (Å²) in [5.74, 6) is 0. The molecule has 1 heterocycles. The maximum absolute atomic E-state index is 3.48. The molecule has 1 spiro atoms. The van der Waals surface area contributed by atoms with E-state index in [4.69, 9.17) is 0 Å². The zero-order valence-electron chi connectivity index (χ0n) is 7.76. The van der Waals surface area contributed by atoms with Crippen LogP contribution in [0.4, 0.5) is 5.69 Å². The molecule has 0 radical (unpaired) electrons. The van der Waals surface area contributed by atoms with Crippen molar-refractivity contribution in [3.8, 4) is 0 Å². The molecule has 0 amide bonds. The summed E-state index contributed by atoms with van der Waals surface area (Å²) in [5, 5.41) is 3.48. The van der Waals surface area contributed by atoms with Gasteiger partial charge in [-0.25, -0.2) is 0 Å². The van der Waals surface area contributed by atoms with E-state index in [1.807, 2.05) is 0 Å². The molecule has 70 valence electrons. The van der Waals surface area contributed by atoms with Crippen LogP contribution in [-0.2, 0) is 5.41 Å². The van der Waals surface area contributed by atoms with Gasteiger partial charge in [0.15, 0.2) is 0 Å². The molecule has 1 aromatic carbocycles. The number of halogens is 1. The first-order valence-corrected chi connectivity index (χ1v) is 4.65. The van der Waals surface area contributed by atoms with Crippen LogP contribution in [0.15, 0.2) is 18.2 Å². The largest absolute Gasteiger partial charge is 0.384 e. The fraction of sp³-hybridized carbons (Fsp3) is 0.455. The predicted octanol–water partition coefficient (Wildman–Crippen LogP) is 2.87. The molecule has 2 aliphatic rings. The third kappa shape index (κ3) is 1.14. The molecule has 1 fully saturated rings. The van der Waals surface area contributed by atoms with Gasteiger partial charge in [0.1, 0.15) is 0 Å². The monoisotopic (exact) mass is 195 g/mol. The zero-order chi connectivity index (χ0) is 8.18. The van der Waals surface area contributed by atoms with Gasteiger partial charge in [0.2, 0.25) is 0 Å². The van der Waals surface area contributed by atoms with Crippen LogP contribution in [-0.4, -0.2) is 6.54 Å². The average Bonchev–Trinajstić information content (AvgIpc) is 2.74. The maximum atomic E-state index is 3.48. The molecule has 13 heavy (non-hydrogen) atoms. The highest BCUT2D eigenvalue weighted by Crippen LogP contribution is 2.54. The molecule has 1 N–H and O–H groups in total. The van der Waals surface area contributed by atoms with Gasteiger partial charge in [-0.3, -0.25) is 0 Å². The van der Waals surface area contributed by atoms with Gasteiger partial charge in [-0.1, -0.05) is 17.7 Å². The molecule has 1 nitrogen and oxygen atoms in total. The minimum atomic E-state index is 0. The Morgan fingerprint density at radius 3 is 2.77 bits per heavy atom. The molecule has 0 atom stereocenters. The topological polar surface area (TPSA) is 12.0 Å². The second kappa shape index (κ2) is 2.65. The molecule has 1 aromatic rings. The van der Waals surface area contributed by atoms with Crippen molar-refractivity contribution in [2.24, 2.45) is 0 Å². The van der Waals surface area contributed by atoms with E-state index < -0.39 is 0 Å². The summed E-state index contributed by atoms with van der Waals surface area (Å²) in [7, 11) is 0. The summed E-state index contributed by atoms with van der Waals surface area (Å²) >= 11 is 0. The first kappa shape index (κ1) is 8.89. The quantitative estimate of drug-likeness (QED) is 0.672. The summed E-state index contributed by atoms with van der Waals surface area (Å²) in [4.78, 5) is 0. The summed E-state index contributed by atoms with van der Waals surface area (Å²) in [6.45, 7) is 3.35. The third-order valence-corrected chi connectivity index (χ3v) is 3.22. The van der Waals surface area contributed by atoms with Crippen LogP contribution in [0.1, 0.15) is 24.0 Å². The van der Waals surface area contributed by atoms with Gasteiger partial charge in [-0.05, 0) is 31.4 Å². The van der Waals surface area contributed by atoms with Crippen LogP contribution in [0.3, 0.4) is 0 Å². The molecule has 2 heteroatoms. The van der Waals surface area contributed by atoms with Crippen molar-refractivity contribution in [1.29, 1.82) is 0 Å². The first-order chi connectivity index (χ1) is 5.80. The summed E-state index contributed by atoms with van der Waals surface area (Å²) in [6.07, 6.45) is 2.77. The number of anilines is 1. The first-order valence-electron chi connectivity index (χ1n) is 4.65. The molecule has 0 unspecified atom stereocenters. The zero-order valence-corrected chi connectivity index (χ0v) is 8.58. The van der Waals surface area contributed by atoms with Crippen LogP contribution in [0.5, 0.6) is 0 Å². The van der Waals surface area contributed by atoms with Crippen LogP contribution in [0.2, 0.25) is 0 Å². The Morgan fingerprint density at radius 2 is 2.08 bits per heavy atom. The van der Waals surface area contributed by atoms with Crippen LogP contribution >= 0.6 is 12.4 Å². The van der Waals surface area contributed by atoms with Gasteiger partial charge in [0, 0.05) is 17.6 Å². The lowest BCUT2D eigenvalue weighted by Gasteiger charge is -2.05. The lowest BCUT2D eigenvalue weighted by Crippen LogP contribution is -2.08. The van der Waals surface area contributed by atoms with E-state index in [1.54, 1.807) is 5.56 Å². The van der Waals surface area contributed by atoms with Gasteiger partial charge < -0.3 is 5.32 Å². The van der Waals surface area contributed by atoms with E-state index in [-0.39, 0.29) is 12.4 Å². The standard InChI is InChI=1S/C11H13N.ClH/c1-8-2-3-10-9(6-8)11(4-5-11)7-12-10;/h2-3,6,12H,4-5,7H2,1H3;1H. The summed E-state index contributed by atoms with van der Waals surface area (Å²) in [6, 6.07) is 6.76. The van der Waals surface area contributed by atoms with Crippen molar-refractivity contribution < 1.29 is 0 Å².